The Hall–Kier alpha value is -2.14. The molecule has 0 saturated heterocycles. The van der Waals surface area contributed by atoms with Crippen molar-refractivity contribution in [3.8, 4) is 0 Å². The van der Waals surface area contributed by atoms with Crippen LogP contribution in [-0.4, -0.2) is 16.5 Å². The van der Waals surface area contributed by atoms with E-state index in [0.29, 0.717) is 6.54 Å². The molecule has 0 amide bonds. The van der Waals surface area contributed by atoms with Crippen molar-refractivity contribution in [3.05, 3.63) is 42.2 Å². The minimum absolute atomic E-state index is 0.532. The standard InChI is InChI=1S/C17H25N5/c1-2-3-4-5-9-19-16-11-17(21-13-20-16)22-15-8-6-7-14(10-15)12-18/h6-8,10-11,13H,2-5,9,12,18H2,1H3,(H2,19,20,21,22). The van der Waals surface area contributed by atoms with Crippen LogP contribution in [0.2, 0.25) is 0 Å². The van der Waals surface area contributed by atoms with Gasteiger partial charge in [0.1, 0.15) is 18.0 Å². The van der Waals surface area contributed by atoms with Crippen LogP contribution in [0.5, 0.6) is 0 Å². The van der Waals surface area contributed by atoms with Crippen LogP contribution >= 0.6 is 0 Å². The van der Waals surface area contributed by atoms with E-state index in [1.807, 2.05) is 30.3 Å². The topological polar surface area (TPSA) is 75.9 Å². The van der Waals surface area contributed by atoms with Crippen molar-refractivity contribution in [2.45, 2.75) is 39.2 Å². The van der Waals surface area contributed by atoms with E-state index in [0.717, 1.165) is 29.4 Å². The Kier molecular flexibility index (Phi) is 6.64. The molecule has 0 atom stereocenters. The zero-order chi connectivity index (χ0) is 15.6. The second kappa shape index (κ2) is 9.00. The van der Waals surface area contributed by atoms with Gasteiger partial charge in [0.2, 0.25) is 0 Å². The summed E-state index contributed by atoms with van der Waals surface area (Å²) < 4.78 is 0. The molecule has 1 heterocycles. The summed E-state index contributed by atoms with van der Waals surface area (Å²) in [5.41, 5.74) is 7.74. The van der Waals surface area contributed by atoms with Crippen LogP contribution < -0.4 is 16.4 Å². The number of nitrogens with one attached hydrogen (secondary N) is 2. The second-order valence-corrected chi connectivity index (χ2v) is 5.31. The molecule has 2 aromatic rings. The SMILES string of the molecule is CCCCCCNc1cc(Nc2cccc(CN)c2)ncn1. The zero-order valence-corrected chi connectivity index (χ0v) is 13.2. The fourth-order valence-corrected chi connectivity index (χ4v) is 2.21. The number of aromatic nitrogens is 2. The number of nitrogens with two attached hydrogens (primary N) is 1. The molecule has 118 valence electrons. The number of nitrogens with zero attached hydrogens (tertiary/aromatic N) is 2. The number of unbranched alkanes of at least 4 members (excludes halogenated alkanes) is 3. The van der Waals surface area contributed by atoms with E-state index in [-0.39, 0.29) is 0 Å². The minimum Gasteiger partial charge on any atom is -0.370 e. The van der Waals surface area contributed by atoms with E-state index in [9.17, 15) is 0 Å². The van der Waals surface area contributed by atoms with Gasteiger partial charge in [0.25, 0.3) is 0 Å². The van der Waals surface area contributed by atoms with Gasteiger partial charge in [-0.1, -0.05) is 38.3 Å². The van der Waals surface area contributed by atoms with Crippen molar-refractivity contribution in [2.75, 3.05) is 17.2 Å². The lowest BCUT2D eigenvalue weighted by molar-refractivity contribution is 0.684. The fraction of sp³-hybridized carbons (Fsp3) is 0.412. The fourth-order valence-electron chi connectivity index (χ4n) is 2.21. The Morgan fingerprint density at radius 1 is 1.05 bits per heavy atom. The van der Waals surface area contributed by atoms with Gasteiger partial charge in [0.05, 0.1) is 0 Å². The van der Waals surface area contributed by atoms with Crippen LogP contribution in [0, 0.1) is 0 Å². The Balaban J connectivity index is 1.90. The van der Waals surface area contributed by atoms with Crippen molar-refractivity contribution in [1.29, 1.82) is 0 Å². The molecule has 0 bridgehead atoms. The van der Waals surface area contributed by atoms with Gasteiger partial charge < -0.3 is 16.4 Å². The molecule has 0 aliphatic heterocycles. The Labute approximate surface area is 132 Å². The summed E-state index contributed by atoms with van der Waals surface area (Å²) in [7, 11) is 0. The summed E-state index contributed by atoms with van der Waals surface area (Å²) in [6.07, 6.45) is 6.54. The largest absolute Gasteiger partial charge is 0.370 e. The molecule has 0 radical (unpaired) electrons. The van der Waals surface area contributed by atoms with Crippen molar-refractivity contribution >= 4 is 17.3 Å². The lowest BCUT2D eigenvalue weighted by Crippen LogP contribution is -2.05. The molecule has 2 rings (SSSR count). The molecule has 22 heavy (non-hydrogen) atoms. The smallest absolute Gasteiger partial charge is 0.135 e. The van der Waals surface area contributed by atoms with Gasteiger partial charge in [-0.25, -0.2) is 9.97 Å². The zero-order valence-electron chi connectivity index (χ0n) is 13.2. The first kappa shape index (κ1) is 16.2. The molecule has 0 spiro atoms. The summed E-state index contributed by atoms with van der Waals surface area (Å²) >= 11 is 0. The Morgan fingerprint density at radius 3 is 2.73 bits per heavy atom. The molecule has 0 aliphatic rings. The van der Waals surface area contributed by atoms with Crippen LogP contribution in [0.4, 0.5) is 17.3 Å². The Morgan fingerprint density at radius 2 is 1.91 bits per heavy atom. The molecular formula is C17H25N5. The highest BCUT2D eigenvalue weighted by molar-refractivity contribution is 5.59. The minimum atomic E-state index is 0.532. The van der Waals surface area contributed by atoms with E-state index in [1.165, 1.54) is 25.7 Å². The molecule has 1 aromatic carbocycles. The summed E-state index contributed by atoms with van der Waals surface area (Å²) in [5, 5.41) is 6.62. The second-order valence-electron chi connectivity index (χ2n) is 5.31. The molecule has 1 aromatic heterocycles. The summed E-state index contributed by atoms with van der Waals surface area (Å²) in [6.45, 7) is 3.69. The normalized spacial score (nSPS) is 10.5. The summed E-state index contributed by atoms with van der Waals surface area (Å²) in [6, 6.07) is 9.95. The summed E-state index contributed by atoms with van der Waals surface area (Å²) in [5.74, 6) is 1.63. The summed E-state index contributed by atoms with van der Waals surface area (Å²) in [4.78, 5) is 8.50. The number of anilines is 3. The van der Waals surface area contributed by atoms with Crippen molar-refractivity contribution in [1.82, 2.24) is 9.97 Å². The molecule has 0 unspecified atom stereocenters. The van der Waals surface area contributed by atoms with Gasteiger partial charge >= 0.3 is 0 Å². The molecular weight excluding hydrogens is 274 g/mol. The van der Waals surface area contributed by atoms with Gasteiger partial charge in [-0.3, -0.25) is 0 Å². The van der Waals surface area contributed by atoms with E-state index in [1.54, 1.807) is 6.33 Å². The monoisotopic (exact) mass is 299 g/mol. The first-order valence-corrected chi connectivity index (χ1v) is 7.93. The number of benzene rings is 1. The predicted octanol–water partition coefficient (Wildman–Crippen LogP) is 3.67. The quantitative estimate of drug-likeness (QED) is 0.616. The first-order chi connectivity index (χ1) is 10.8. The van der Waals surface area contributed by atoms with Crippen molar-refractivity contribution in [2.24, 2.45) is 5.73 Å². The van der Waals surface area contributed by atoms with Crippen molar-refractivity contribution in [3.63, 3.8) is 0 Å². The average molecular weight is 299 g/mol. The highest BCUT2D eigenvalue weighted by Gasteiger charge is 2.00. The molecule has 5 heteroatoms. The maximum absolute atomic E-state index is 5.66. The van der Waals surface area contributed by atoms with Crippen LogP contribution in [0.3, 0.4) is 0 Å². The maximum Gasteiger partial charge on any atom is 0.135 e. The average Bonchev–Trinajstić information content (AvgIpc) is 2.55. The van der Waals surface area contributed by atoms with Gasteiger partial charge in [-0.05, 0) is 24.1 Å². The number of hydrogen-bond acceptors (Lipinski definition) is 5. The van der Waals surface area contributed by atoms with Crippen LogP contribution in [-0.2, 0) is 6.54 Å². The highest BCUT2D eigenvalue weighted by atomic mass is 15.1. The lowest BCUT2D eigenvalue weighted by atomic mass is 10.2. The van der Waals surface area contributed by atoms with Crippen LogP contribution in [0.15, 0.2) is 36.7 Å². The highest BCUT2D eigenvalue weighted by Crippen LogP contribution is 2.17. The molecule has 5 nitrogen and oxygen atoms in total. The predicted molar refractivity (Wildman–Crippen MR) is 92.3 cm³/mol. The van der Waals surface area contributed by atoms with Gasteiger partial charge in [-0.2, -0.15) is 0 Å². The molecule has 0 aliphatic carbocycles. The van der Waals surface area contributed by atoms with E-state index < -0.39 is 0 Å². The lowest BCUT2D eigenvalue weighted by Gasteiger charge is -2.09. The number of hydrogen-bond donors (Lipinski definition) is 3. The van der Waals surface area contributed by atoms with Crippen LogP contribution in [0.1, 0.15) is 38.2 Å². The molecule has 0 saturated carbocycles. The van der Waals surface area contributed by atoms with E-state index in [4.69, 9.17) is 5.73 Å². The third-order valence-electron chi connectivity index (χ3n) is 3.44. The third kappa shape index (κ3) is 5.33. The van der Waals surface area contributed by atoms with Gasteiger partial charge in [0.15, 0.2) is 0 Å². The number of rotatable bonds is 9. The van der Waals surface area contributed by atoms with Crippen molar-refractivity contribution < 1.29 is 0 Å². The van der Waals surface area contributed by atoms with E-state index in [2.05, 4.69) is 27.5 Å². The van der Waals surface area contributed by atoms with Gasteiger partial charge in [0, 0.05) is 24.8 Å². The van der Waals surface area contributed by atoms with Gasteiger partial charge in [-0.15, -0.1) is 0 Å². The third-order valence-corrected chi connectivity index (χ3v) is 3.44. The first-order valence-electron chi connectivity index (χ1n) is 7.93. The maximum atomic E-state index is 5.66. The molecule has 0 fully saturated rings. The molecule has 4 N–H and O–H groups in total. The van der Waals surface area contributed by atoms with Crippen LogP contribution in [0.25, 0.3) is 0 Å². The van der Waals surface area contributed by atoms with E-state index >= 15 is 0 Å². The Bertz CT molecular complexity index is 570.